The van der Waals surface area contributed by atoms with Gasteiger partial charge in [0.05, 0.1) is 6.61 Å². The molecule has 0 radical (unpaired) electrons. The summed E-state index contributed by atoms with van der Waals surface area (Å²) in [6.45, 7) is 3.56. The highest BCUT2D eigenvalue weighted by Crippen LogP contribution is 2.33. The number of carboxylic acids is 1. The zero-order chi connectivity index (χ0) is 18.0. The number of benzene rings is 1. The van der Waals surface area contributed by atoms with Crippen molar-refractivity contribution in [2.45, 2.75) is 26.3 Å². The van der Waals surface area contributed by atoms with Gasteiger partial charge in [-0.3, -0.25) is 9.59 Å². The van der Waals surface area contributed by atoms with Gasteiger partial charge in [-0.1, -0.05) is 25.1 Å². The van der Waals surface area contributed by atoms with E-state index in [0.717, 1.165) is 23.9 Å². The number of amides is 1. The molecule has 0 aliphatic carbocycles. The summed E-state index contributed by atoms with van der Waals surface area (Å²) >= 11 is 0. The Balaban J connectivity index is 1.93. The molecule has 134 valence electrons. The Morgan fingerprint density at radius 3 is 2.76 bits per heavy atom. The number of ether oxygens (including phenoxy) is 1. The number of rotatable bonds is 6. The maximum atomic E-state index is 13.1. The van der Waals surface area contributed by atoms with Crippen molar-refractivity contribution in [2.75, 3.05) is 26.8 Å². The molecule has 1 unspecified atom stereocenters. The molecular formula is C19H24N2O4. The fraction of sp³-hybridized carbons (Fsp3) is 0.474. The molecule has 2 aromatic rings. The van der Waals surface area contributed by atoms with Crippen LogP contribution in [0.1, 0.15) is 30.3 Å². The summed E-state index contributed by atoms with van der Waals surface area (Å²) < 4.78 is 7.15. The highest BCUT2D eigenvalue weighted by molar-refractivity contribution is 5.99. The van der Waals surface area contributed by atoms with Gasteiger partial charge in [0.25, 0.3) is 5.91 Å². The predicted octanol–water partition coefficient (Wildman–Crippen LogP) is 2.61. The van der Waals surface area contributed by atoms with Crippen LogP contribution in [-0.4, -0.2) is 53.3 Å². The number of methoxy groups -OCH3 is 1. The van der Waals surface area contributed by atoms with Crippen molar-refractivity contribution in [3.63, 3.8) is 0 Å². The zero-order valence-corrected chi connectivity index (χ0v) is 14.7. The number of hydrogen-bond acceptors (Lipinski definition) is 3. The molecule has 1 aromatic carbocycles. The SMILES string of the molecule is CCCn1c(C(=O)N2CCC(COC)(C(=O)O)C2)cc2ccccc21. The Labute approximate surface area is 147 Å². The molecule has 3 rings (SSSR count). The normalized spacial score (nSPS) is 20.3. The molecule has 0 bridgehead atoms. The number of likely N-dealkylation sites (tertiary alicyclic amines) is 1. The Morgan fingerprint density at radius 1 is 1.32 bits per heavy atom. The molecular weight excluding hydrogens is 320 g/mol. The Hall–Kier alpha value is -2.34. The number of carbonyl (C=O) groups excluding carboxylic acids is 1. The van der Waals surface area contributed by atoms with Crippen LogP contribution in [0.2, 0.25) is 0 Å². The van der Waals surface area contributed by atoms with Gasteiger partial charge < -0.3 is 19.3 Å². The lowest BCUT2D eigenvalue weighted by atomic mass is 9.88. The fourth-order valence-electron chi connectivity index (χ4n) is 3.69. The molecule has 1 saturated heterocycles. The molecule has 25 heavy (non-hydrogen) atoms. The maximum absolute atomic E-state index is 13.1. The van der Waals surface area contributed by atoms with Gasteiger partial charge in [0.2, 0.25) is 0 Å². The van der Waals surface area contributed by atoms with Gasteiger partial charge in [-0.2, -0.15) is 0 Å². The average Bonchev–Trinajstić information content (AvgIpc) is 3.18. The molecule has 1 aliphatic rings. The van der Waals surface area contributed by atoms with Crippen LogP contribution in [-0.2, 0) is 16.1 Å². The van der Waals surface area contributed by atoms with E-state index < -0.39 is 11.4 Å². The zero-order valence-electron chi connectivity index (χ0n) is 14.7. The van der Waals surface area contributed by atoms with E-state index in [1.54, 1.807) is 4.90 Å². The van der Waals surface area contributed by atoms with Crippen molar-refractivity contribution in [3.05, 3.63) is 36.0 Å². The third-order valence-corrected chi connectivity index (χ3v) is 4.99. The third-order valence-electron chi connectivity index (χ3n) is 4.99. The van der Waals surface area contributed by atoms with Gasteiger partial charge in [0, 0.05) is 37.6 Å². The third kappa shape index (κ3) is 3.02. The van der Waals surface area contributed by atoms with E-state index in [-0.39, 0.29) is 19.1 Å². The van der Waals surface area contributed by atoms with Gasteiger partial charge in [-0.15, -0.1) is 0 Å². The largest absolute Gasteiger partial charge is 0.481 e. The van der Waals surface area contributed by atoms with E-state index in [2.05, 4.69) is 6.92 Å². The van der Waals surface area contributed by atoms with Crippen molar-refractivity contribution in [3.8, 4) is 0 Å². The van der Waals surface area contributed by atoms with Crippen molar-refractivity contribution in [1.82, 2.24) is 9.47 Å². The molecule has 1 atom stereocenters. The van der Waals surface area contributed by atoms with Crippen molar-refractivity contribution in [2.24, 2.45) is 5.41 Å². The van der Waals surface area contributed by atoms with Crippen LogP contribution in [0, 0.1) is 5.41 Å². The van der Waals surface area contributed by atoms with Gasteiger partial charge in [0.15, 0.2) is 0 Å². The van der Waals surface area contributed by atoms with Crippen LogP contribution in [0.3, 0.4) is 0 Å². The number of hydrogen-bond donors (Lipinski definition) is 1. The number of carboxylic acid groups (broad SMARTS) is 1. The summed E-state index contributed by atoms with van der Waals surface area (Å²) in [5.41, 5.74) is 0.654. The Morgan fingerprint density at radius 2 is 2.08 bits per heavy atom. The highest BCUT2D eigenvalue weighted by Gasteiger charge is 2.46. The molecule has 6 heteroatoms. The number of aromatic nitrogens is 1. The first-order valence-electron chi connectivity index (χ1n) is 8.62. The average molecular weight is 344 g/mol. The summed E-state index contributed by atoms with van der Waals surface area (Å²) in [5.74, 6) is -1.01. The van der Waals surface area contributed by atoms with Gasteiger partial charge in [0.1, 0.15) is 11.1 Å². The number of aryl methyl sites for hydroxylation is 1. The summed E-state index contributed by atoms with van der Waals surface area (Å²) in [5, 5.41) is 10.6. The summed E-state index contributed by atoms with van der Waals surface area (Å²) in [4.78, 5) is 26.4. The van der Waals surface area contributed by atoms with Crippen LogP contribution in [0.15, 0.2) is 30.3 Å². The minimum atomic E-state index is -1.01. The highest BCUT2D eigenvalue weighted by atomic mass is 16.5. The van der Waals surface area contributed by atoms with Crippen molar-refractivity contribution < 1.29 is 19.4 Å². The molecule has 1 aliphatic heterocycles. The second-order valence-corrected chi connectivity index (χ2v) is 6.74. The van der Waals surface area contributed by atoms with Crippen LogP contribution in [0.5, 0.6) is 0 Å². The number of nitrogens with zero attached hydrogens (tertiary/aromatic N) is 2. The fourth-order valence-corrected chi connectivity index (χ4v) is 3.69. The van der Waals surface area contributed by atoms with Crippen LogP contribution < -0.4 is 0 Å². The van der Waals surface area contributed by atoms with Crippen molar-refractivity contribution >= 4 is 22.8 Å². The minimum Gasteiger partial charge on any atom is -0.481 e. The minimum absolute atomic E-state index is 0.108. The molecule has 1 fully saturated rings. The van der Waals surface area contributed by atoms with Crippen molar-refractivity contribution in [1.29, 1.82) is 0 Å². The second kappa shape index (κ2) is 6.88. The van der Waals surface area contributed by atoms with E-state index in [1.807, 2.05) is 34.9 Å². The maximum Gasteiger partial charge on any atom is 0.313 e. The van der Waals surface area contributed by atoms with E-state index in [4.69, 9.17) is 4.74 Å². The van der Waals surface area contributed by atoms with E-state index in [0.29, 0.717) is 18.7 Å². The lowest BCUT2D eigenvalue weighted by Gasteiger charge is -2.24. The Kier molecular flexibility index (Phi) is 4.81. The summed E-state index contributed by atoms with van der Waals surface area (Å²) in [6, 6.07) is 9.83. The lowest BCUT2D eigenvalue weighted by molar-refractivity contribution is -0.151. The standard InChI is InChI=1S/C19H24N2O4/c1-3-9-21-15-7-5-4-6-14(15)11-16(21)17(22)20-10-8-19(12-20,13-25-2)18(23)24/h4-7,11H,3,8-10,12-13H2,1-2H3,(H,23,24). The number of para-hydroxylation sites is 1. The molecule has 0 spiro atoms. The monoisotopic (exact) mass is 344 g/mol. The molecule has 2 heterocycles. The van der Waals surface area contributed by atoms with E-state index >= 15 is 0 Å². The molecule has 0 saturated carbocycles. The lowest BCUT2D eigenvalue weighted by Crippen LogP contribution is -2.40. The van der Waals surface area contributed by atoms with Crippen LogP contribution >= 0.6 is 0 Å². The molecule has 6 nitrogen and oxygen atoms in total. The van der Waals surface area contributed by atoms with E-state index in [1.165, 1.54) is 7.11 Å². The second-order valence-electron chi connectivity index (χ2n) is 6.74. The molecule has 1 N–H and O–H groups in total. The smallest absolute Gasteiger partial charge is 0.313 e. The summed E-state index contributed by atoms with van der Waals surface area (Å²) in [6.07, 6.45) is 1.33. The van der Waals surface area contributed by atoms with E-state index in [9.17, 15) is 14.7 Å². The topological polar surface area (TPSA) is 71.8 Å². The van der Waals surface area contributed by atoms with Crippen LogP contribution in [0.4, 0.5) is 0 Å². The number of fused-ring (bicyclic) bond motifs is 1. The Bertz CT molecular complexity index is 798. The molecule has 1 aromatic heterocycles. The summed E-state index contributed by atoms with van der Waals surface area (Å²) in [7, 11) is 1.49. The number of aliphatic carboxylic acids is 1. The first-order valence-corrected chi connectivity index (χ1v) is 8.62. The predicted molar refractivity (Wildman–Crippen MR) is 94.7 cm³/mol. The number of carbonyl (C=O) groups is 2. The van der Waals surface area contributed by atoms with Gasteiger partial charge in [-0.05, 0) is 25.0 Å². The van der Waals surface area contributed by atoms with Crippen LogP contribution in [0.25, 0.3) is 10.9 Å². The molecule has 1 amide bonds. The quantitative estimate of drug-likeness (QED) is 0.874. The van der Waals surface area contributed by atoms with Gasteiger partial charge in [-0.25, -0.2) is 0 Å². The first-order chi connectivity index (χ1) is 12.0. The first kappa shape index (κ1) is 17.5. The van der Waals surface area contributed by atoms with Gasteiger partial charge >= 0.3 is 5.97 Å².